The number of hydrogen-bond acceptors (Lipinski definition) is 4. The van der Waals surface area contributed by atoms with Gasteiger partial charge in [0.15, 0.2) is 11.9 Å². The molecule has 94 valence electrons. The van der Waals surface area contributed by atoms with Crippen molar-refractivity contribution in [3.05, 3.63) is 0 Å². The topological polar surface area (TPSA) is 204 Å². The van der Waals surface area contributed by atoms with Crippen molar-refractivity contribution in [3.63, 3.8) is 0 Å². The first-order valence-corrected chi connectivity index (χ1v) is 4.40. The van der Waals surface area contributed by atoms with E-state index < -0.39 is 12.0 Å². The van der Waals surface area contributed by atoms with Crippen LogP contribution in [0.1, 0.15) is 12.8 Å². The van der Waals surface area contributed by atoms with E-state index in [1.54, 1.807) is 0 Å². The van der Waals surface area contributed by atoms with Crippen molar-refractivity contribution in [3.8, 4) is 0 Å². The Labute approximate surface area is 93.2 Å². The number of nitrogens with two attached hydrogens (primary N) is 5. The molecule has 1 atom stereocenters. The molecule has 0 fully saturated rings. The standard InChI is InChI=1S/C6H14N4O2.CH5N3/c7-4(5(11)12)2-1-3-10-6(8)9;2-1(3)4/h4H,1-3,7H2,(H,11,12)(H4,8,9,10);(H5,2,3,4). The first-order chi connectivity index (χ1) is 7.27. The Morgan fingerprint density at radius 1 is 1.31 bits per heavy atom. The van der Waals surface area contributed by atoms with E-state index >= 15 is 0 Å². The third kappa shape index (κ3) is 17.9. The minimum absolute atomic E-state index is 0.0129. The Morgan fingerprint density at radius 3 is 2.06 bits per heavy atom. The van der Waals surface area contributed by atoms with Crippen molar-refractivity contribution < 1.29 is 9.90 Å². The fourth-order valence-corrected chi connectivity index (χ4v) is 0.643. The van der Waals surface area contributed by atoms with Crippen molar-refractivity contribution in [2.24, 2.45) is 33.7 Å². The van der Waals surface area contributed by atoms with Gasteiger partial charge in [0.25, 0.3) is 0 Å². The summed E-state index contributed by atoms with van der Waals surface area (Å²) in [6, 6.07) is -0.820. The van der Waals surface area contributed by atoms with Crippen LogP contribution in [0.3, 0.4) is 0 Å². The second-order valence-electron chi connectivity index (χ2n) is 2.85. The summed E-state index contributed by atoms with van der Waals surface area (Å²) < 4.78 is 0. The van der Waals surface area contributed by atoms with Gasteiger partial charge in [-0.1, -0.05) is 0 Å². The van der Waals surface area contributed by atoms with E-state index in [0.717, 1.165) is 0 Å². The highest BCUT2D eigenvalue weighted by Crippen LogP contribution is 1.94. The van der Waals surface area contributed by atoms with Crippen LogP contribution < -0.4 is 28.7 Å². The van der Waals surface area contributed by atoms with Gasteiger partial charge in [0.1, 0.15) is 6.04 Å². The van der Waals surface area contributed by atoms with E-state index in [-0.39, 0.29) is 11.9 Å². The Kier molecular flexibility index (Phi) is 9.76. The molecule has 0 saturated heterocycles. The fourth-order valence-electron chi connectivity index (χ4n) is 0.643. The SMILES string of the molecule is N=C(N)N.NC(N)=NCCCC(N)C(=O)O. The summed E-state index contributed by atoms with van der Waals surface area (Å²) >= 11 is 0. The third-order valence-corrected chi connectivity index (χ3v) is 1.28. The Hall–Kier alpha value is -2.03. The third-order valence-electron chi connectivity index (χ3n) is 1.28. The van der Waals surface area contributed by atoms with Gasteiger partial charge in [0.2, 0.25) is 0 Å². The second-order valence-corrected chi connectivity index (χ2v) is 2.85. The number of aliphatic carboxylic acids is 1. The Bertz CT molecular complexity index is 245. The summed E-state index contributed by atoms with van der Waals surface area (Å²) in [7, 11) is 0. The van der Waals surface area contributed by atoms with E-state index in [9.17, 15) is 4.79 Å². The first-order valence-electron chi connectivity index (χ1n) is 4.40. The van der Waals surface area contributed by atoms with Crippen molar-refractivity contribution in [1.29, 1.82) is 5.41 Å². The summed E-state index contributed by atoms with van der Waals surface area (Å²) in [5.74, 6) is -1.32. The summed E-state index contributed by atoms with van der Waals surface area (Å²) in [6.07, 6.45) is 0.956. The highest BCUT2D eigenvalue weighted by molar-refractivity contribution is 5.75. The van der Waals surface area contributed by atoms with Crippen LogP contribution in [0.15, 0.2) is 4.99 Å². The van der Waals surface area contributed by atoms with Gasteiger partial charge in [-0.15, -0.1) is 0 Å². The molecule has 0 aliphatic carbocycles. The molecule has 16 heavy (non-hydrogen) atoms. The molecule has 0 rings (SSSR count). The van der Waals surface area contributed by atoms with Crippen molar-refractivity contribution in [1.82, 2.24) is 0 Å². The quantitative estimate of drug-likeness (QED) is 0.152. The molecule has 9 nitrogen and oxygen atoms in total. The van der Waals surface area contributed by atoms with Gasteiger partial charge >= 0.3 is 5.97 Å². The van der Waals surface area contributed by atoms with Crippen LogP contribution in [0, 0.1) is 5.41 Å². The van der Waals surface area contributed by atoms with Gasteiger partial charge in [-0.25, -0.2) is 0 Å². The minimum atomic E-state index is -1.00. The van der Waals surface area contributed by atoms with E-state index in [2.05, 4.69) is 16.5 Å². The van der Waals surface area contributed by atoms with E-state index in [1.165, 1.54) is 0 Å². The maximum atomic E-state index is 10.2. The first kappa shape index (κ1) is 16.4. The molecule has 0 aromatic heterocycles. The van der Waals surface area contributed by atoms with Gasteiger partial charge in [-0.05, 0) is 12.8 Å². The van der Waals surface area contributed by atoms with Gasteiger partial charge < -0.3 is 33.8 Å². The number of hydrogen-bond donors (Lipinski definition) is 7. The van der Waals surface area contributed by atoms with Crippen molar-refractivity contribution in [2.75, 3.05) is 6.54 Å². The maximum Gasteiger partial charge on any atom is 0.320 e. The van der Waals surface area contributed by atoms with Crippen LogP contribution in [0.5, 0.6) is 0 Å². The Morgan fingerprint density at radius 2 is 1.75 bits per heavy atom. The minimum Gasteiger partial charge on any atom is -0.480 e. The lowest BCUT2D eigenvalue weighted by atomic mass is 10.2. The molecule has 0 aromatic rings. The average molecular weight is 233 g/mol. The van der Waals surface area contributed by atoms with Crippen LogP contribution in [0.2, 0.25) is 0 Å². The molecule has 0 aliphatic heterocycles. The zero-order valence-electron chi connectivity index (χ0n) is 8.89. The monoisotopic (exact) mass is 233 g/mol. The highest BCUT2D eigenvalue weighted by atomic mass is 16.4. The lowest BCUT2D eigenvalue weighted by Gasteiger charge is -2.03. The molecule has 12 N–H and O–H groups in total. The molecular weight excluding hydrogens is 214 g/mol. The number of guanidine groups is 2. The zero-order valence-corrected chi connectivity index (χ0v) is 8.89. The summed E-state index contributed by atoms with van der Waals surface area (Å²) in [5.41, 5.74) is 24.3. The molecular formula is C7H19N7O2. The summed E-state index contributed by atoms with van der Waals surface area (Å²) in [6.45, 7) is 0.420. The lowest BCUT2D eigenvalue weighted by Crippen LogP contribution is -2.30. The molecule has 0 bridgehead atoms. The van der Waals surface area contributed by atoms with Crippen LogP contribution in [-0.4, -0.2) is 35.6 Å². The normalized spacial score (nSPS) is 10.6. The van der Waals surface area contributed by atoms with E-state index in [0.29, 0.717) is 19.4 Å². The number of carboxylic acid groups (broad SMARTS) is 1. The molecule has 9 heteroatoms. The van der Waals surface area contributed by atoms with Crippen LogP contribution >= 0.6 is 0 Å². The Balaban J connectivity index is 0. The van der Waals surface area contributed by atoms with Crippen molar-refractivity contribution >= 4 is 17.9 Å². The number of nitrogens with one attached hydrogen (secondary N) is 1. The number of carboxylic acids is 1. The fraction of sp³-hybridized carbons (Fsp3) is 0.571. The van der Waals surface area contributed by atoms with Gasteiger partial charge in [-0.2, -0.15) is 0 Å². The lowest BCUT2D eigenvalue weighted by molar-refractivity contribution is -0.138. The predicted octanol–water partition coefficient (Wildman–Crippen LogP) is -2.71. The number of aliphatic imine (C=N–C) groups is 1. The smallest absolute Gasteiger partial charge is 0.320 e. The summed E-state index contributed by atoms with van der Waals surface area (Å²) in [4.78, 5) is 13.9. The molecule has 0 saturated carbocycles. The van der Waals surface area contributed by atoms with Crippen molar-refractivity contribution in [2.45, 2.75) is 18.9 Å². The van der Waals surface area contributed by atoms with Gasteiger partial charge in [0, 0.05) is 6.54 Å². The number of carbonyl (C=O) groups is 1. The van der Waals surface area contributed by atoms with Crippen LogP contribution in [-0.2, 0) is 4.79 Å². The highest BCUT2D eigenvalue weighted by Gasteiger charge is 2.09. The number of rotatable bonds is 5. The molecule has 0 aromatic carbocycles. The summed E-state index contributed by atoms with van der Waals surface area (Å²) in [5, 5.41) is 14.4. The molecule has 0 heterocycles. The van der Waals surface area contributed by atoms with Gasteiger partial charge in [-0.3, -0.25) is 15.2 Å². The van der Waals surface area contributed by atoms with Gasteiger partial charge in [0.05, 0.1) is 0 Å². The molecule has 0 amide bonds. The van der Waals surface area contributed by atoms with E-state index in [4.69, 9.17) is 27.7 Å². The van der Waals surface area contributed by atoms with Crippen LogP contribution in [0.25, 0.3) is 0 Å². The number of nitrogens with zero attached hydrogens (tertiary/aromatic N) is 1. The zero-order chi connectivity index (χ0) is 13.1. The van der Waals surface area contributed by atoms with E-state index in [1.807, 2.05) is 0 Å². The largest absolute Gasteiger partial charge is 0.480 e. The molecule has 0 aliphatic rings. The molecule has 1 unspecified atom stereocenters. The maximum absolute atomic E-state index is 10.2. The van der Waals surface area contributed by atoms with Crippen LogP contribution in [0.4, 0.5) is 0 Å². The average Bonchev–Trinajstić information content (AvgIpc) is 2.10. The second kappa shape index (κ2) is 9.52. The predicted molar refractivity (Wildman–Crippen MR) is 61.6 cm³/mol. The molecule has 0 radical (unpaired) electrons. The molecule has 0 spiro atoms.